The van der Waals surface area contributed by atoms with Crippen molar-refractivity contribution in [3.8, 4) is 0 Å². The van der Waals surface area contributed by atoms with Crippen molar-refractivity contribution < 1.29 is 28.7 Å². The highest BCUT2D eigenvalue weighted by molar-refractivity contribution is 8.01. The number of hydrogen-bond donors (Lipinski definition) is 4. The molecular formula is C49H64N6O6S. The van der Waals surface area contributed by atoms with E-state index in [1.54, 1.807) is 9.80 Å². The Hall–Kier alpha value is -4.72. The summed E-state index contributed by atoms with van der Waals surface area (Å²) < 4.78 is 3.99. The van der Waals surface area contributed by atoms with Crippen LogP contribution in [0.3, 0.4) is 0 Å². The summed E-state index contributed by atoms with van der Waals surface area (Å²) in [6.07, 6.45) is 6.16. The summed E-state index contributed by atoms with van der Waals surface area (Å²) in [5.74, 6) is -1.64. The zero-order valence-corrected chi connectivity index (χ0v) is 37.9. The molecule has 3 aromatic carbocycles. The predicted molar refractivity (Wildman–Crippen MR) is 242 cm³/mol. The van der Waals surface area contributed by atoms with Crippen LogP contribution >= 0.6 is 11.8 Å². The number of carbonyl (C=O) groups excluding carboxylic acids is 5. The smallest absolute Gasteiger partial charge is 0.315 e. The number of ether oxygens (including phenoxy) is 1. The first-order valence-corrected chi connectivity index (χ1v) is 23.2. The van der Waals surface area contributed by atoms with Crippen LogP contribution in [0, 0.1) is 5.41 Å². The second kappa shape index (κ2) is 18.6. The van der Waals surface area contributed by atoms with Crippen LogP contribution in [-0.4, -0.2) is 87.7 Å². The highest BCUT2D eigenvalue weighted by Gasteiger charge is 2.46. The summed E-state index contributed by atoms with van der Waals surface area (Å²) in [7, 11) is 1.32. The van der Waals surface area contributed by atoms with Crippen molar-refractivity contribution >= 4 is 41.4 Å². The molecule has 62 heavy (non-hydrogen) atoms. The molecule has 7 unspecified atom stereocenters. The Balaban J connectivity index is 1.17. The zero-order valence-electron chi connectivity index (χ0n) is 37.1. The van der Waals surface area contributed by atoms with Gasteiger partial charge < -0.3 is 36.6 Å². The standard InChI is InChI=1S/C49H64N6O6S/c1-48(2,3)42(50)46(59)54-27-34(25-40(54)45(58)53-38-20-12-16-30-14-8-10-18-36(30)38)31-21-22-32-24-39(44(57)52-37-19-11-15-29-13-7-9-17-35(29)37)55(26-33(32)23-31)47(60)43(51)49(4,5)62-28-41(56)61-6/h7-10,13-14,17-18,21-23,34,37-40,42-43H,11-12,15-16,19-20,24-28,50-51H2,1-6H3,(H,52,57)(H,53,58). The second-order valence-electron chi connectivity index (χ2n) is 19.2. The van der Waals surface area contributed by atoms with E-state index < -0.39 is 40.3 Å². The van der Waals surface area contributed by atoms with Gasteiger partial charge in [-0.15, -0.1) is 11.8 Å². The van der Waals surface area contributed by atoms with Gasteiger partial charge >= 0.3 is 5.97 Å². The number of nitrogens with one attached hydrogen (secondary N) is 2. The number of nitrogens with zero attached hydrogens (tertiary/aromatic N) is 2. The molecule has 2 heterocycles. The normalized spacial score (nSPS) is 23.3. The fourth-order valence-electron chi connectivity index (χ4n) is 9.66. The van der Waals surface area contributed by atoms with E-state index in [0.717, 1.165) is 66.3 Å². The molecule has 1 fully saturated rings. The van der Waals surface area contributed by atoms with Gasteiger partial charge in [-0.3, -0.25) is 24.0 Å². The first-order valence-electron chi connectivity index (χ1n) is 22.2. The van der Waals surface area contributed by atoms with Crippen LogP contribution in [0.4, 0.5) is 0 Å². The molecule has 13 heteroatoms. The topological polar surface area (TPSA) is 177 Å². The van der Waals surface area contributed by atoms with Gasteiger partial charge in [-0.25, -0.2) is 0 Å². The van der Waals surface area contributed by atoms with Gasteiger partial charge in [0, 0.05) is 30.2 Å². The third-order valence-corrected chi connectivity index (χ3v) is 15.1. The Kier molecular flexibility index (Phi) is 13.6. The molecule has 0 bridgehead atoms. The van der Waals surface area contributed by atoms with Crippen molar-refractivity contribution in [3.63, 3.8) is 0 Å². The van der Waals surface area contributed by atoms with Crippen molar-refractivity contribution in [2.24, 2.45) is 16.9 Å². The number of rotatable bonds is 11. The van der Waals surface area contributed by atoms with E-state index in [1.807, 2.05) is 71.0 Å². The van der Waals surface area contributed by atoms with Crippen LogP contribution in [0.15, 0.2) is 66.7 Å². The maximum Gasteiger partial charge on any atom is 0.315 e. The number of benzene rings is 3. The van der Waals surface area contributed by atoms with Gasteiger partial charge in [-0.05, 0) is 103 Å². The Bertz CT molecular complexity index is 2190. The average Bonchev–Trinajstić information content (AvgIpc) is 3.72. The van der Waals surface area contributed by atoms with Crippen LogP contribution in [0.5, 0.6) is 0 Å². The first-order chi connectivity index (χ1) is 29.5. The van der Waals surface area contributed by atoms with Crippen molar-refractivity contribution in [3.05, 3.63) is 106 Å². The minimum Gasteiger partial charge on any atom is -0.468 e. The second-order valence-corrected chi connectivity index (χ2v) is 20.9. The molecule has 1 saturated heterocycles. The first kappa shape index (κ1) is 45.3. The molecule has 4 aliphatic rings. The number of likely N-dealkylation sites (tertiary alicyclic amines) is 1. The van der Waals surface area contributed by atoms with Crippen LogP contribution in [0.1, 0.15) is 124 Å². The van der Waals surface area contributed by atoms with Crippen LogP contribution < -0.4 is 22.1 Å². The number of amides is 4. The van der Waals surface area contributed by atoms with E-state index in [1.165, 1.54) is 30.0 Å². The fraction of sp³-hybridized carbons (Fsp3) is 0.531. The summed E-state index contributed by atoms with van der Waals surface area (Å²) >= 11 is 1.24. The number of hydrogen-bond acceptors (Lipinski definition) is 9. The SMILES string of the molecule is COC(=O)CSC(C)(C)C(N)C(=O)N1Cc2cc(C3CC(C(=O)NC4CCCc5ccccc54)N(C(=O)C(N)C(C)(C)C)C3)ccc2CC1C(=O)NC1CCCc2ccccc21. The van der Waals surface area contributed by atoms with E-state index in [2.05, 4.69) is 41.0 Å². The van der Waals surface area contributed by atoms with Gasteiger partial charge in [0.1, 0.15) is 12.1 Å². The Labute approximate surface area is 370 Å². The number of methoxy groups -OCH3 is 1. The maximum atomic E-state index is 14.6. The molecule has 0 spiro atoms. The predicted octanol–water partition coefficient (Wildman–Crippen LogP) is 5.40. The highest BCUT2D eigenvalue weighted by atomic mass is 32.2. The van der Waals surface area contributed by atoms with Crippen molar-refractivity contribution in [2.75, 3.05) is 19.4 Å². The zero-order chi connectivity index (χ0) is 44.5. The Morgan fingerprint density at radius 1 is 0.742 bits per heavy atom. The fourth-order valence-corrected chi connectivity index (χ4v) is 10.5. The van der Waals surface area contributed by atoms with Gasteiger partial charge in [0.05, 0.1) is 37.0 Å². The maximum absolute atomic E-state index is 14.6. The van der Waals surface area contributed by atoms with Gasteiger partial charge in [0.25, 0.3) is 0 Å². The van der Waals surface area contributed by atoms with E-state index in [4.69, 9.17) is 16.2 Å². The number of carbonyl (C=O) groups is 5. The number of aryl methyl sites for hydroxylation is 2. The molecule has 0 aromatic heterocycles. The lowest BCUT2D eigenvalue weighted by molar-refractivity contribution is -0.143. The Morgan fingerprint density at radius 3 is 1.89 bits per heavy atom. The van der Waals surface area contributed by atoms with Crippen LogP contribution in [-0.2, 0) is 54.5 Å². The molecule has 0 radical (unpaired) electrons. The summed E-state index contributed by atoms with van der Waals surface area (Å²) in [5, 5.41) is 6.62. The van der Waals surface area contributed by atoms with Gasteiger partial charge in [0.15, 0.2) is 0 Å². The molecule has 12 nitrogen and oxygen atoms in total. The summed E-state index contributed by atoms with van der Waals surface area (Å²) in [5.41, 5.74) is 20.3. The van der Waals surface area contributed by atoms with Gasteiger partial charge in [-0.1, -0.05) is 87.5 Å². The summed E-state index contributed by atoms with van der Waals surface area (Å²) in [4.78, 5) is 73.0. The quantitative estimate of drug-likeness (QED) is 0.184. The average molecular weight is 865 g/mol. The summed E-state index contributed by atoms with van der Waals surface area (Å²) in [6, 6.07) is 18.8. The lowest BCUT2D eigenvalue weighted by Crippen LogP contribution is -2.60. The minimum atomic E-state index is -1.04. The molecule has 4 amide bonds. The number of nitrogens with two attached hydrogens (primary N) is 2. The molecule has 2 aliphatic carbocycles. The molecular weight excluding hydrogens is 801 g/mol. The van der Waals surface area contributed by atoms with Gasteiger partial charge in [0.2, 0.25) is 23.6 Å². The molecule has 0 saturated carbocycles. The van der Waals surface area contributed by atoms with Crippen LogP contribution in [0.25, 0.3) is 0 Å². The number of thioether (sulfide) groups is 1. The van der Waals surface area contributed by atoms with E-state index in [0.29, 0.717) is 13.0 Å². The number of esters is 1. The molecule has 2 aliphatic heterocycles. The largest absolute Gasteiger partial charge is 0.468 e. The van der Waals surface area contributed by atoms with Gasteiger partial charge in [-0.2, -0.15) is 0 Å². The van der Waals surface area contributed by atoms with Crippen molar-refractivity contribution in [2.45, 2.75) is 139 Å². The van der Waals surface area contributed by atoms with E-state index in [9.17, 15) is 24.0 Å². The monoisotopic (exact) mass is 864 g/mol. The van der Waals surface area contributed by atoms with E-state index >= 15 is 0 Å². The number of fused-ring (bicyclic) bond motifs is 3. The molecule has 6 N–H and O–H groups in total. The lowest BCUT2D eigenvalue weighted by atomic mass is 9.86. The minimum absolute atomic E-state index is 0.0240. The molecule has 3 aromatic rings. The van der Waals surface area contributed by atoms with E-state index in [-0.39, 0.29) is 60.3 Å². The third kappa shape index (κ3) is 9.60. The lowest BCUT2D eigenvalue weighted by Gasteiger charge is -2.41. The van der Waals surface area contributed by atoms with Crippen molar-refractivity contribution in [1.29, 1.82) is 0 Å². The molecule has 332 valence electrons. The third-order valence-electron chi connectivity index (χ3n) is 13.7. The molecule has 7 rings (SSSR count). The van der Waals surface area contributed by atoms with Crippen molar-refractivity contribution in [1.82, 2.24) is 20.4 Å². The Morgan fingerprint density at radius 2 is 1.31 bits per heavy atom. The summed E-state index contributed by atoms with van der Waals surface area (Å²) in [6.45, 7) is 9.90. The van der Waals surface area contributed by atoms with Crippen LogP contribution in [0.2, 0.25) is 0 Å². The highest BCUT2D eigenvalue weighted by Crippen LogP contribution is 2.39. The molecule has 7 atom stereocenters.